The molecule has 2 aromatic rings. The van der Waals surface area contributed by atoms with Crippen molar-refractivity contribution in [2.75, 3.05) is 11.9 Å². The molecule has 100 valence electrons. The minimum absolute atomic E-state index is 0.392. The van der Waals surface area contributed by atoms with Crippen LogP contribution in [-0.4, -0.2) is 24.0 Å². The van der Waals surface area contributed by atoms with Gasteiger partial charge in [0.2, 0.25) is 0 Å². The van der Waals surface area contributed by atoms with E-state index in [1.807, 2.05) is 24.3 Å². The van der Waals surface area contributed by atoms with Crippen molar-refractivity contribution < 1.29 is 17.9 Å². The van der Waals surface area contributed by atoms with Gasteiger partial charge in [0.1, 0.15) is 12.8 Å². The second-order valence-electron chi connectivity index (χ2n) is 4.44. The van der Waals surface area contributed by atoms with Crippen molar-refractivity contribution in [2.24, 2.45) is 0 Å². The van der Waals surface area contributed by atoms with Crippen LogP contribution in [-0.2, 0) is 11.2 Å². The Morgan fingerprint density at radius 3 is 2.89 bits per heavy atom. The molecule has 3 nitrogen and oxygen atoms in total. The van der Waals surface area contributed by atoms with E-state index in [0.717, 1.165) is 22.2 Å². The Hall–Kier alpha value is -1.82. The van der Waals surface area contributed by atoms with Crippen molar-refractivity contribution in [1.82, 2.24) is 4.98 Å². The lowest BCUT2D eigenvalue weighted by molar-refractivity contribution is -0.181. The number of hydrogen-bond acceptors (Lipinski definition) is 3. The van der Waals surface area contributed by atoms with Gasteiger partial charge in [0, 0.05) is 18.0 Å². The summed E-state index contributed by atoms with van der Waals surface area (Å²) in [5.74, 6) is 0. The van der Waals surface area contributed by atoms with Gasteiger partial charge in [-0.15, -0.1) is 0 Å². The van der Waals surface area contributed by atoms with E-state index in [-0.39, 0.29) is 0 Å². The number of nitrogens with zero attached hydrogens (tertiary/aromatic N) is 1. The number of alkyl halides is 3. The van der Waals surface area contributed by atoms with Crippen LogP contribution in [0.3, 0.4) is 0 Å². The second kappa shape index (κ2) is 4.38. The van der Waals surface area contributed by atoms with E-state index >= 15 is 0 Å². The molecule has 3 rings (SSSR count). The first-order valence-electron chi connectivity index (χ1n) is 5.84. The molecule has 0 fully saturated rings. The first-order valence-corrected chi connectivity index (χ1v) is 5.84. The molecule has 19 heavy (non-hydrogen) atoms. The van der Waals surface area contributed by atoms with Crippen molar-refractivity contribution in [3.05, 3.63) is 36.0 Å². The van der Waals surface area contributed by atoms with Crippen LogP contribution in [0, 0.1) is 0 Å². The minimum atomic E-state index is -4.31. The van der Waals surface area contributed by atoms with Gasteiger partial charge in [-0.1, -0.05) is 18.2 Å². The van der Waals surface area contributed by atoms with Gasteiger partial charge in [0.25, 0.3) is 0 Å². The molecule has 1 aromatic heterocycles. The van der Waals surface area contributed by atoms with E-state index in [9.17, 15) is 13.2 Å². The van der Waals surface area contributed by atoms with Crippen LogP contribution < -0.4 is 5.32 Å². The summed E-state index contributed by atoms with van der Waals surface area (Å²) in [6, 6.07) is 7.49. The van der Waals surface area contributed by atoms with Crippen LogP contribution in [0.15, 0.2) is 30.5 Å². The molecule has 0 saturated heterocycles. The van der Waals surface area contributed by atoms with Gasteiger partial charge in [-0.05, 0) is 11.6 Å². The molecule has 6 heteroatoms. The zero-order valence-corrected chi connectivity index (χ0v) is 9.87. The van der Waals surface area contributed by atoms with Crippen LogP contribution in [0.4, 0.5) is 18.9 Å². The number of benzene rings is 1. The van der Waals surface area contributed by atoms with Crippen LogP contribution >= 0.6 is 0 Å². The summed E-state index contributed by atoms with van der Waals surface area (Å²) in [7, 11) is 0. The van der Waals surface area contributed by atoms with Crippen molar-refractivity contribution in [3.8, 4) is 0 Å². The Morgan fingerprint density at radius 2 is 2.11 bits per heavy atom. The van der Waals surface area contributed by atoms with Gasteiger partial charge < -0.3 is 10.1 Å². The molecule has 1 atom stereocenters. The SMILES string of the molecule is FC(F)(F)COC1Cc2cnc3ccccc3c2N1. The quantitative estimate of drug-likeness (QED) is 0.908. The molecule has 1 unspecified atom stereocenters. The maximum atomic E-state index is 12.1. The number of rotatable bonds is 2. The van der Waals surface area contributed by atoms with Crippen molar-refractivity contribution in [2.45, 2.75) is 18.8 Å². The van der Waals surface area contributed by atoms with Crippen molar-refractivity contribution in [1.29, 1.82) is 0 Å². The average Bonchev–Trinajstić information content (AvgIpc) is 2.79. The molecule has 0 aliphatic carbocycles. The summed E-state index contributed by atoms with van der Waals surface area (Å²) < 4.78 is 41.2. The van der Waals surface area contributed by atoms with E-state index in [0.29, 0.717) is 6.42 Å². The highest BCUT2D eigenvalue weighted by molar-refractivity contribution is 5.93. The number of fused-ring (bicyclic) bond motifs is 3. The summed E-state index contributed by atoms with van der Waals surface area (Å²) in [5, 5.41) is 3.89. The molecule has 1 aliphatic rings. The highest BCUT2D eigenvalue weighted by atomic mass is 19.4. The summed E-state index contributed by atoms with van der Waals surface area (Å²) in [5.41, 5.74) is 2.51. The first-order chi connectivity index (χ1) is 9.03. The van der Waals surface area contributed by atoms with Crippen LogP contribution in [0.2, 0.25) is 0 Å². The fraction of sp³-hybridized carbons (Fsp3) is 0.308. The predicted octanol–water partition coefficient (Wildman–Crippen LogP) is 3.11. The third-order valence-electron chi connectivity index (χ3n) is 3.01. The number of nitrogens with one attached hydrogen (secondary N) is 1. The minimum Gasteiger partial charge on any atom is -0.359 e. The number of halogens is 3. The molecule has 0 spiro atoms. The summed E-state index contributed by atoms with van der Waals surface area (Å²) in [6.45, 7) is -1.25. The van der Waals surface area contributed by atoms with Crippen LogP contribution in [0.1, 0.15) is 5.56 Å². The maximum Gasteiger partial charge on any atom is 0.411 e. The lowest BCUT2D eigenvalue weighted by Crippen LogP contribution is -2.27. The van der Waals surface area contributed by atoms with E-state index in [1.54, 1.807) is 6.20 Å². The molecule has 0 bridgehead atoms. The number of para-hydroxylation sites is 1. The zero-order valence-electron chi connectivity index (χ0n) is 9.87. The van der Waals surface area contributed by atoms with E-state index in [4.69, 9.17) is 4.74 Å². The standard InChI is InChI=1S/C13H11F3N2O/c14-13(15,16)7-19-11-5-8-6-17-10-4-2-1-3-9(10)12(8)18-11/h1-4,6,11,18H,5,7H2. The van der Waals surface area contributed by atoms with Gasteiger partial charge >= 0.3 is 6.18 Å². The Balaban J connectivity index is 1.82. The van der Waals surface area contributed by atoms with E-state index < -0.39 is 19.0 Å². The fourth-order valence-electron chi connectivity index (χ4n) is 2.22. The maximum absolute atomic E-state index is 12.1. The molecule has 0 radical (unpaired) electrons. The molecule has 2 heterocycles. The van der Waals surface area contributed by atoms with Crippen molar-refractivity contribution >= 4 is 16.6 Å². The largest absolute Gasteiger partial charge is 0.411 e. The van der Waals surface area contributed by atoms with Crippen LogP contribution in [0.25, 0.3) is 10.9 Å². The van der Waals surface area contributed by atoms with Gasteiger partial charge in [-0.2, -0.15) is 13.2 Å². The number of pyridine rings is 1. The van der Waals surface area contributed by atoms with Crippen LogP contribution in [0.5, 0.6) is 0 Å². The van der Waals surface area contributed by atoms with E-state index in [1.165, 1.54) is 0 Å². The predicted molar refractivity (Wildman–Crippen MR) is 64.9 cm³/mol. The van der Waals surface area contributed by atoms with Gasteiger partial charge in [-0.3, -0.25) is 4.98 Å². The number of hydrogen-bond donors (Lipinski definition) is 1. The second-order valence-corrected chi connectivity index (χ2v) is 4.44. The molecule has 0 saturated carbocycles. The van der Waals surface area contributed by atoms with Gasteiger partial charge in [0.05, 0.1) is 11.2 Å². The Bertz CT molecular complexity index is 612. The Labute approximate surface area is 107 Å². The highest BCUT2D eigenvalue weighted by Crippen LogP contribution is 2.33. The third-order valence-corrected chi connectivity index (χ3v) is 3.01. The first kappa shape index (κ1) is 12.2. The Kier molecular flexibility index (Phi) is 2.82. The molecule has 1 N–H and O–H groups in total. The normalized spacial score (nSPS) is 18.4. The fourth-order valence-corrected chi connectivity index (χ4v) is 2.22. The summed E-state index contributed by atoms with van der Waals surface area (Å²) >= 11 is 0. The smallest absolute Gasteiger partial charge is 0.359 e. The third kappa shape index (κ3) is 2.49. The topological polar surface area (TPSA) is 34.1 Å². The van der Waals surface area contributed by atoms with E-state index in [2.05, 4.69) is 10.3 Å². The Morgan fingerprint density at radius 1 is 1.32 bits per heavy atom. The van der Waals surface area contributed by atoms with Crippen molar-refractivity contribution in [3.63, 3.8) is 0 Å². The lowest BCUT2D eigenvalue weighted by atomic mass is 10.1. The monoisotopic (exact) mass is 268 g/mol. The molecular formula is C13H11F3N2O. The van der Waals surface area contributed by atoms with Gasteiger partial charge in [-0.25, -0.2) is 0 Å². The summed E-state index contributed by atoms with van der Waals surface area (Å²) in [6.07, 6.45) is -2.88. The summed E-state index contributed by atoms with van der Waals surface area (Å²) in [4.78, 5) is 4.28. The molecule has 1 aliphatic heterocycles. The lowest BCUT2D eigenvalue weighted by Gasteiger charge is -2.14. The highest BCUT2D eigenvalue weighted by Gasteiger charge is 2.31. The van der Waals surface area contributed by atoms with Gasteiger partial charge in [0.15, 0.2) is 0 Å². The zero-order chi connectivity index (χ0) is 13.5. The number of anilines is 1. The number of ether oxygens (including phenoxy) is 1. The average molecular weight is 268 g/mol. The molecular weight excluding hydrogens is 257 g/mol. The number of aromatic nitrogens is 1. The molecule has 1 aromatic carbocycles. The molecule has 0 amide bonds.